The predicted octanol–water partition coefficient (Wildman–Crippen LogP) is 1.81. The highest BCUT2D eigenvalue weighted by Crippen LogP contribution is 2.30. The van der Waals surface area contributed by atoms with E-state index in [1.165, 1.54) is 24.8 Å². The van der Waals surface area contributed by atoms with E-state index in [4.69, 9.17) is 5.73 Å². The number of hydrogen-bond acceptors (Lipinski definition) is 3. The Bertz CT molecular complexity index is 461. The van der Waals surface area contributed by atoms with E-state index in [1.54, 1.807) is 11.1 Å². The first kappa shape index (κ1) is 14.1. The molecule has 0 saturated carbocycles. The highest BCUT2D eigenvalue weighted by Gasteiger charge is 2.27. The number of likely N-dealkylation sites (N-methyl/N-ethyl adjacent to an activating group) is 1. The van der Waals surface area contributed by atoms with Crippen molar-refractivity contribution in [3.05, 3.63) is 34.9 Å². The minimum atomic E-state index is 0.179. The van der Waals surface area contributed by atoms with E-state index >= 15 is 0 Å². The van der Waals surface area contributed by atoms with Gasteiger partial charge in [0.1, 0.15) is 0 Å². The zero-order chi connectivity index (χ0) is 14.1. The van der Waals surface area contributed by atoms with Crippen LogP contribution in [0.15, 0.2) is 18.2 Å². The molecule has 2 atom stereocenters. The van der Waals surface area contributed by atoms with Crippen molar-refractivity contribution in [1.82, 2.24) is 9.80 Å². The van der Waals surface area contributed by atoms with Crippen LogP contribution in [-0.4, -0.2) is 49.1 Å². The van der Waals surface area contributed by atoms with Gasteiger partial charge in [-0.3, -0.25) is 4.90 Å². The van der Waals surface area contributed by atoms with Gasteiger partial charge in [0.25, 0.3) is 0 Å². The van der Waals surface area contributed by atoms with Gasteiger partial charge in [-0.15, -0.1) is 0 Å². The van der Waals surface area contributed by atoms with Crippen molar-refractivity contribution in [3.8, 4) is 0 Å². The van der Waals surface area contributed by atoms with E-state index in [0.717, 1.165) is 26.2 Å². The third-order valence-corrected chi connectivity index (χ3v) is 4.89. The zero-order valence-electron chi connectivity index (χ0n) is 12.8. The second-order valence-corrected chi connectivity index (χ2v) is 6.52. The quantitative estimate of drug-likeness (QED) is 0.911. The van der Waals surface area contributed by atoms with Gasteiger partial charge in [0.2, 0.25) is 0 Å². The number of benzene rings is 1. The molecule has 110 valence electrons. The minimum Gasteiger partial charge on any atom is -0.326 e. The number of nitrogens with two attached hydrogens (primary N) is 1. The van der Waals surface area contributed by atoms with Crippen LogP contribution in [0, 0.1) is 0 Å². The van der Waals surface area contributed by atoms with E-state index in [9.17, 15) is 0 Å². The molecule has 2 aliphatic rings. The highest BCUT2D eigenvalue weighted by molar-refractivity contribution is 5.37. The normalized spacial score (nSPS) is 23.6. The van der Waals surface area contributed by atoms with Crippen molar-refractivity contribution in [1.29, 1.82) is 0 Å². The van der Waals surface area contributed by atoms with Crippen molar-refractivity contribution in [3.63, 3.8) is 0 Å². The van der Waals surface area contributed by atoms with Crippen LogP contribution in [0.1, 0.15) is 36.1 Å². The summed E-state index contributed by atoms with van der Waals surface area (Å²) in [5.41, 5.74) is 10.9. The summed E-state index contributed by atoms with van der Waals surface area (Å²) in [5, 5.41) is 0. The summed E-state index contributed by atoms with van der Waals surface area (Å²) < 4.78 is 0. The fourth-order valence-electron chi connectivity index (χ4n) is 3.72. The topological polar surface area (TPSA) is 32.5 Å². The Balaban J connectivity index is 1.83. The predicted molar refractivity (Wildman–Crippen MR) is 83.9 cm³/mol. The maximum Gasteiger partial charge on any atom is 0.0497 e. The van der Waals surface area contributed by atoms with Gasteiger partial charge < -0.3 is 10.6 Å². The Hall–Kier alpha value is -0.900. The van der Waals surface area contributed by atoms with Crippen LogP contribution in [0.3, 0.4) is 0 Å². The maximum absolute atomic E-state index is 6.32. The summed E-state index contributed by atoms with van der Waals surface area (Å²) in [7, 11) is 2.20. The number of rotatable bonds is 3. The molecule has 1 aliphatic heterocycles. The van der Waals surface area contributed by atoms with Gasteiger partial charge in [0.05, 0.1) is 0 Å². The molecular formula is C17H27N3. The molecule has 3 nitrogen and oxygen atoms in total. The van der Waals surface area contributed by atoms with Crippen molar-refractivity contribution < 1.29 is 0 Å². The summed E-state index contributed by atoms with van der Waals surface area (Å²) in [6.07, 6.45) is 3.82. The SMILES string of the molecule is CC(N)C(c1ccc2c(c1)CCC2)N1CCN(C)CC1. The van der Waals surface area contributed by atoms with Gasteiger partial charge in [-0.25, -0.2) is 0 Å². The Kier molecular flexibility index (Phi) is 4.11. The van der Waals surface area contributed by atoms with Crippen molar-refractivity contribution >= 4 is 0 Å². The first-order valence-corrected chi connectivity index (χ1v) is 7.95. The van der Waals surface area contributed by atoms with E-state index in [2.05, 4.69) is 42.0 Å². The van der Waals surface area contributed by atoms with Gasteiger partial charge in [0.15, 0.2) is 0 Å². The Morgan fingerprint density at radius 1 is 1.05 bits per heavy atom. The second kappa shape index (κ2) is 5.84. The molecule has 0 aromatic heterocycles. The lowest BCUT2D eigenvalue weighted by molar-refractivity contribution is 0.101. The van der Waals surface area contributed by atoms with Gasteiger partial charge >= 0.3 is 0 Å². The van der Waals surface area contributed by atoms with Crippen molar-refractivity contribution in [2.75, 3.05) is 33.2 Å². The molecule has 1 aromatic carbocycles. The number of hydrogen-bond donors (Lipinski definition) is 1. The fraction of sp³-hybridized carbons (Fsp3) is 0.647. The summed E-state index contributed by atoms with van der Waals surface area (Å²) in [5.74, 6) is 0. The minimum absolute atomic E-state index is 0.179. The van der Waals surface area contributed by atoms with Crippen LogP contribution in [0.5, 0.6) is 0 Å². The molecule has 1 aromatic rings. The van der Waals surface area contributed by atoms with Crippen molar-refractivity contribution in [2.24, 2.45) is 5.73 Å². The molecule has 2 N–H and O–H groups in total. The molecule has 0 amide bonds. The monoisotopic (exact) mass is 273 g/mol. The van der Waals surface area contributed by atoms with E-state index in [0.29, 0.717) is 6.04 Å². The number of fused-ring (bicyclic) bond motifs is 1. The summed E-state index contributed by atoms with van der Waals surface area (Å²) in [6.45, 7) is 6.69. The number of nitrogens with zero attached hydrogens (tertiary/aromatic N) is 2. The van der Waals surface area contributed by atoms with Crippen molar-refractivity contribution in [2.45, 2.75) is 38.3 Å². The molecule has 0 spiro atoms. The first-order valence-electron chi connectivity index (χ1n) is 7.95. The number of aryl methyl sites for hydroxylation is 2. The highest BCUT2D eigenvalue weighted by atomic mass is 15.3. The standard InChI is InChI=1S/C17H27N3/c1-13(18)17(20-10-8-19(2)9-11-20)16-7-6-14-4-3-5-15(14)12-16/h6-7,12-13,17H,3-5,8-11,18H2,1-2H3. The molecule has 0 radical (unpaired) electrons. The first-order chi connectivity index (χ1) is 9.65. The molecule has 0 bridgehead atoms. The van der Waals surface area contributed by atoms with Crippen LogP contribution in [0.4, 0.5) is 0 Å². The lowest BCUT2D eigenvalue weighted by atomic mass is 9.95. The third kappa shape index (κ3) is 2.76. The average Bonchev–Trinajstić information content (AvgIpc) is 2.88. The molecule has 20 heavy (non-hydrogen) atoms. The summed E-state index contributed by atoms with van der Waals surface area (Å²) >= 11 is 0. The lowest BCUT2D eigenvalue weighted by Crippen LogP contribution is -2.49. The Morgan fingerprint density at radius 2 is 1.75 bits per heavy atom. The molecule has 1 aliphatic carbocycles. The molecule has 1 heterocycles. The summed E-state index contributed by atoms with van der Waals surface area (Å²) in [6, 6.07) is 7.63. The molecule has 1 fully saturated rings. The van der Waals surface area contributed by atoms with Gasteiger partial charge in [-0.05, 0) is 49.9 Å². The van der Waals surface area contributed by atoms with E-state index in [1.807, 2.05) is 0 Å². The van der Waals surface area contributed by atoms with Gasteiger partial charge in [0, 0.05) is 38.3 Å². The van der Waals surface area contributed by atoms with Crippen LogP contribution >= 0.6 is 0 Å². The maximum atomic E-state index is 6.32. The molecule has 3 heteroatoms. The van der Waals surface area contributed by atoms with Gasteiger partial charge in [-0.1, -0.05) is 18.2 Å². The molecule has 1 saturated heterocycles. The number of piperazine rings is 1. The second-order valence-electron chi connectivity index (χ2n) is 6.52. The van der Waals surface area contributed by atoms with Crippen LogP contribution < -0.4 is 5.73 Å². The van der Waals surface area contributed by atoms with Crippen LogP contribution in [0.2, 0.25) is 0 Å². The third-order valence-electron chi connectivity index (χ3n) is 4.89. The van der Waals surface area contributed by atoms with Crippen LogP contribution in [0.25, 0.3) is 0 Å². The average molecular weight is 273 g/mol. The molecule has 3 rings (SSSR count). The van der Waals surface area contributed by atoms with Crippen LogP contribution in [-0.2, 0) is 12.8 Å². The zero-order valence-corrected chi connectivity index (χ0v) is 12.8. The summed E-state index contributed by atoms with van der Waals surface area (Å²) in [4.78, 5) is 4.97. The largest absolute Gasteiger partial charge is 0.326 e. The Morgan fingerprint density at radius 3 is 2.45 bits per heavy atom. The van der Waals surface area contributed by atoms with E-state index < -0.39 is 0 Å². The van der Waals surface area contributed by atoms with E-state index in [-0.39, 0.29) is 6.04 Å². The fourth-order valence-corrected chi connectivity index (χ4v) is 3.72. The molecular weight excluding hydrogens is 246 g/mol. The molecule has 2 unspecified atom stereocenters. The smallest absolute Gasteiger partial charge is 0.0497 e. The van der Waals surface area contributed by atoms with Gasteiger partial charge in [-0.2, -0.15) is 0 Å². The Labute approximate surface area is 122 Å². The lowest BCUT2D eigenvalue weighted by Gasteiger charge is -2.40.